The molecule has 0 aliphatic rings. The third kappa shape index (κ3) is 2.12. The fourth-order valence-electron chi connectivity index (χ4n) is 1.50. The number of hydrogen-bond donors (Lipinski definition) is 0. The lowest BCUT2D eigenvalue weighted by Gasteiger charge is -1.94. The van der Waals surface area contributed by atoms with Crippen molar-refractivity contribution in [2.24, 2.45) is 0 Å². The van der Waals surface area contributed by atoms with Crippen LogP contribution in [0.1, 0.15) is 5.56 Å². The minimum absolute atomic E-state index is 0.240. The van der Waals surface area contributed by atoms with E-state index in [9.17, 15) is 4.39 Å². The van der Waals surface area contributed by atoms with Gasteiger partial charge in [0.15, 0.2) is 0 Å². The number of hydrogen-bond acceptors (Lipinski definition) is 3. The minimum atomic E-state index is -0.447. The predicted molar refractivity (Wildman–Crippen MR) is 60.8 cm³/mol. The first-order valence-electron chi connectivity index (χ1n) is 4.88. The summed E-state index contributed by atoms with van der Waals surface area (Å²) in [5, 5.41) is 15.0. The van der Waals surface area contributed by atoms with E-state index in [1.54, 1.807) is 22.2 Å². The maximum atomic E-state index is 12.2. The summed E-state index contributed by atoms with van der Waals surface area (Å²) in [6.07, 6.45) is 2.05. The van der Waals surface area contributed by atoms with Gasteiger partial charge in [0.25, 0.3) is 0 Å². The van der Waals surface area contributed by atoms with E-state index >= 15 is 0 Å². The van der Waals surface area contributed by atoms with Crippen LogP contribution >= 0.6 is 11.3 Å². The van der Waals surface area contributed by atoms with Crippen LogP contribution in [0.15, 0.2) is 23.7 Å². The van der Waals surface area contributed by atoms with Gasteiger partial charge in [0.2, 0.25) is 0 Å². The first-order valence-corrected chi connectivity index (χ1v) is 5.76. The summed E-state index contributed by atoms with van der Waals surface area (Å²) in [5.74, 6) is 0. The van der Waals surface area contributed by atoms with Crippen LogP contribution in [-0.4, -0.2) is 16.5 Å². The van der Waals surface area contributed by atoms with Gasteiger partial charge in [-0.1, -0.05) is 6.07 Å². The van der Waals surface area contributed by atoms with Crippen molar-refractivity contribution in [1.29, 1.82) is 5.26 Å². The normalized spacial score (nSPS) is 10.2. The van der Waals surface area contributed by atoms with Gasteiger partial charge in [0.1, 0.15) is 12.4 Å². The highest BCUT2D eigenvalue weighted by molar-refractivity contribution is 7.13. The highest BCUT2D eigenvalue weighted by Gasteiger charge is 2.11. The van der Waals surface area contributed by atoms with Gasteiger partial charge in [-0.15, -0.1) is 11.3 Å². The van der Waals surface area contributed by atoms with Crippen molar-refractivity contribution < 1.29 is 4.39 Å². The zero-order chi connectivity index (χ0) is 11.4. The molecule has 3 nitrogen and oxygen atoms in total. The Morgan fingerprint density at radius 1 is 1.56 bits per heavy atom. The van der Waals surface area contributed by atoms with Crippen LogP contribution in [0.25, 0.3) is 10.6 Å². The minimum Gasteiger partial charge on any atom is -0.269 e. The predicted octanol–water partition coefficient (Wildman–Crippen LogP) is 2.65. The third-order valence-electron chi connectivity index (χ3n) is 2.18. The van der Waals surface area contributed by atoms with Gasteiger partial charge in [-0.2, -0.15) is 10.4 Å². The number of nitrogens with zero attached hydrogens (tertiary/aromatic N) is 3. The molecule has 2 heterocycles. The molecule has 0 N–H and O–H groups in total. The van der Waals surface area contributed by atoms with Gasteiger partial charge < -0.3 is 0 Å². The average Bonchev–Trinajstić information content (AvgIpc) is 2.87. The molecule has 0 aliphatic heterocycles. The van der Waals surface area contributed by atoms with Crippen LogP contribution in [0.2, 0.25) is 0 Å². The van der Waals surface area contributed by atoms with Gasteiger partial charge >= 0.3 is 0 Å². The molecule has 0 saturated carbocycles. The second-order valence-corrected chi connectivity index (χ2v) is 4.21. The van der Waals surface area contributed by atoms with Crippen molar-refractivity contribution in [3.8, 4) is 16.6 Å². The van der Waals surface area contributed by atoms with E-state index in [4.69, 9.17) is 5.26 Å². The molecule has 82 valence electrons. The first-order chi connectivity index (χ1) is 7.85. The van der Waals surface area contributed by atoms with Gasteiger partial charge in [-0.05, 0) is 11.4 Å². The highest BCUT2D eigenvalue weighted by atomic mass is 32.1. The Hall–Kier alpha value is -1.67. The van der Waals surface area contributed by atoms with Crippen LogP contribution in [-0.2, 0) is 13.0 Å². The fraction of sp³-hybridized carbons (Fsp3) is 0.273. The van der Waals surface area contributed by atoms with Gasteiger partial charge in [-0.3, -0.25) is 4.68 Å². The number of rotatable bonds is 4. The van der Waals surface area contributed by atoms with E-state index in [1.165, 1.54) is 0 Å². The molecule has 5 heteroatoms. The molecular weight excluding hydrogens is 225 g/mol. The largest absolute Gasteiger partial charge is 0.269 e. The summed E-state index contributed by atoms with van der Waals surface area (Å²) in [5.41, 5.74) is 1.66. The molecule has 0 aromatic carbocycles. The van der Waals surface area contributed by atoms with Gasteiger partial charge in [-0.25, -0.2) is 4.39 Å². The number of aromatic nitrogens is 2. The van der Waals surface area contributed by atoms with E-state index < -0.39 is 6.67 Å². The zero-order valence-corrected chi connectivity index (χ0v) is 9.38. The Balaban J connectivity index is 2.38. The lowest BCUT2D eigenvalue weighted by Crippen LogP contribution is -1.99. The molecular formula is C11H10FN3S. The topological polar surface area (TPSA) is 41.6 Å². The van der Waals surface area contributed by atoms with Crippen LogP contribution in [0, 0.1) is 11.3 Å². The second-order valence-electron chi connectivity index (χ2n) is 3.27. The molecule has 2 aromatic rings. The number of thiophene rings is 1. The first kappa shape index (κ1) is 10.8. The molecule has 2 rings (SSSR count). The SMILES string of the molecule is N#CCc1cn(CCF)nc1-c1cccs1. The van der Waals surface area contributed by atoms with Crippen molar-refractivity contribution in [3.05, 3.63) is 29.3 Å². The molecule has 16 heavy (non-hydrogen) atoms. The molecule has 2 aromatic heterocycles. The van der Waals surface area contributed by atoms with Crippen LogP contribution in [0.5, 0.6) is 0 Å². The Kier molecular flexibility index (Phi) is 3.32. The molecule has 0 saturated heterocycles. The standard InChI is InChI=1S/C11H10FN3S/c12-4-6-15-8-9(3-5-13)11(14-15)10-2-1-7-16-10/h1-2,7-8H,3-4,6H2. The summed E-state index contributed by atoms with van der Waals surface area (Å²) >= 11 is 1.57. The number of aryl methyl sites for hydroxylation is 1. The summed E-state index contributed by atoms with van der Waals surface area (Å²) in [6.45, 7) is -0.207. The van der Waals surface area contributed by atoms with Crippen LogP contribution in [0.3, 0.4) is 0 Å². The monoisotopic (exact) mass is 235 g/mol. The highest BCUT2D eigenvalue weighted by Crippen LogP contribution is 2.26. The Bertz CT molecular complexity index is 496. The lowest BCUT2D eigenvalue weighted by molar-refractivity contribution is 0.427. The fourth-order valence-corrected chi connectivity index (χ4v) is 2.24. The molecule has 0 amide bonds. The Morgan fingerprint density at radius 3 is 3.06 bits per heavy atom. The van der Waals surface area contributed by atoms with Crippen molar-refractivity contribution >= 4 is 11.3 Å². The van der Waals surface area contributed by atoms with Crippen molar-refractivity contribution in [1.82, 2.24) is 9.78 Å². The van der Waals surface area contributed by atoms with E-state index in [-0.39, 0.29) is 6.54 Å². The van der Waals surface area contributed by atoms with Crippen molar-refractivity contribution in [2.45, 2.75) is 13.0 Å². The average molecular weight is 235 g/mol. The molecule has 0 aliphatic carbocycles. The summed E-state index contributed by atoms with van der Waals surface area (Å²) in [7, 11) is 0. The molecule has 0 radical (unpaired) electrons. The quantitative estimate of drug-likeness (QED) is 0.817. The molecule has 0 bridgehead atoms. The van der Waals surface area contributed by atoms with Crippen LogP contribution < -0.4 is 0 Å². The molecule has 0 spiro atoms. The van der Waals surface area contributed by atoms with Crippen molar-refractivity contribution in [2.75, 3.05) is 6.67 Å². The number of alkyl halides is 1. The summed E-state index contributed by atoms with van der Waals surface area (Å²) in [4.78, 5) is 1.02. The smallest absolute Gasteiger partial charge is 0.109 e. The maximum Gasteiger partial charge on any atom is 0.109 e. The second kappa shape index (κ2) is 4.90. The number of halogens is 1. The van der Waals surface area contributed by atoms with Gasteiger partial charge in [0, 0.05) is 11.8 Å². The van der Waals surface area contributed by atoms with Gasteiger partial charge in [0.05, 0.1) is 23.9 Å². The van der Waals surface area contributed by atoms with E-state index in [2.05, 4.69) is 11.2 Å². The van der Waals surface area contributed by atoms with E-state index in [0.29, 0.717) is 6.42 Å². The summed E-state index contributed by atoms with van der Waals surface area (Å²) in [6, 6.07) is 5.99. The van der Waals surface area contributed by atoms with Crippen molar-refractivity contribution in [3.63, 3.8) is 0 Å². The summed E-state index contributed by atoms with van der Waals surface area (Å²) < 4.78 is 13.8. The molecule has 0 atom stereocenters. The third-order valence-corrected chi connectivity index (χ3v) is 3.05. The van der Waals surface area contributed by atoms with Crippen LogP contribution in [0.4, 0.5) is 4.39 Å². The Morgan fingerprint density at radius 2 is 2.44 bits per heavy atom. The lowest BCUT2D eigenvalue weighted by atomic mass is 10.2. The maximum absolute atomic E-state index is 12.2. The molecule has 0 unspecified atom stereocenters. The Labute approximate surface area is 96.8 Å². The zero-order valence-electron chi connectivity index (χ0n) is 8.56. The van der Waals surface area contributed by atoms with E-state index in [1.807, 2.05) is 17.5 Å². The van der Waals surface area contributed by atoms with E-state index in [0.717, 1.165) is 16.1 Å². The number of nitriles is 1. The molecule has 0 fully saturated rings.